The lowest BCUT2D eigenvalue weighted by Crippen LogP contribution is -2.53. The van der Waals surface area contributed by atoms with Crippen LogP contribution >= 0.6 is 0 Å². The zero-order chi connectivity index (χ0) is 19.6. The van der Waals surface area contributed by atoms with Crippen LogP contribution in [-0.2, 0) is 11.3 Å². The smallest absolute Gasteiger partial charge is 0.251 e. The Kier molecular flexibility index (Phi) is 8.10. The molecule has 2 amide bonds. The van der Waals surface area contributed by atoms with E-state index in [0.717, 1.165) is 37.6 Å². The normalized spacial score (nSPS) is 14.9. The van der Waals surface area contributed by atoms with Crippen molar-refractivity contribution in [3.63, 3.8) is 0 Å². The van der Waals surface area contributed by atoms with E-state index in [1.54, 1.807) is 6.92 Å². The predicted octanol–water partition coefficient (Wildman–Crippen LogP) is 1.46. The van der Waals surface area contributed by atoms with Crippen molar-refractivity contribution in [2.24, 2.45) is 4.99 Å². The number of aliphatic imine (C=N–C) groups is 1. The molecule has 1 aliphatic heterocycles. The van der Waals surface area contributed by atoms with Crippen LogP contribution in [0.25, 0.3) is 0 Å². The topological polar surface area (TPSA) is 77.0 Å². The molecule has 0 saturated carbocycles. The average Bonchev–Trinajstić information content (AvgIpc) is 2.69. The van der Waals surface area contributed by atoms with E-state index in [4.69, 9.17) is 4.99 Å². The number of nitrogens with one attached hydrogen (secondary N) is 2. The third-order valence-electron chi connectivity index (χ3n) is 4.50. The Bertz CT molecular complexity index is 666. The molecule has 27 heavy (non-hydrogen) atoms. The fourth-order valence-corrected chi connectivity index (χ4v) is 2.98. The van der Waals surface area contributed by atoms with E-state index in [9.17, 15) is 9.59 Å². The molecule has 1 saturated heterocycles. The number of guanidine groups is 1. The highest BCUT2D eigenvalue weighted by Gasteiger charge is 2.20. The molecule has 0 aromatic heterocycles. The van der Waals surface area contributed by atoms with Gasteiger partial charge < -0.3 is 20.4 Å². The van der Waals surface area contributed by atoms with E-state index in [1.807, 2.05) is 43.0 Å². The molecule has 0 aliphatic carbocycles. The molecular formula is C20H31N5O2. The second-order valence-electron chi connectivity index (χ2n) is 6.62. The molecule has 0 atom stereocenters. The molecule has 1 aliphatic rings. The Balaban J connectivity index is 2.02. The average molecular weight is 374 g/mol. The first-order valence-corrected chi connectivity index (χ1v) is 9.71. The van der Waals surface area contributed by atoms with Gasteiger partial charge in [-0.15, -0.1) is 0 Å². The number of benzene rings is 1. The highest BCUT2D eigenvalue weighted by molar-refractivity contribution is 5.94. The first kappa shape index (κ1) is 20.7. The second-order valence-corrected chi connectivity index (χ2v) is 6.62. The summed E-state index contributed by atoms with van der Waals surface area (Å²) in [7, 11) is 0. The van der Waals surface area contributed by atoms with Gasteiger partial charge in [0, 0.05) is 51.8 Å². The molecule has 1 heterocycles. The zero-order valence-corrected chi connectivity index (χ0v) is 16.6. The van der Waals surface area contributed by atoms with Gasteiger partial charge in [-0.1, -0.05) is 19.1 Å². The van der Waals surface area contributed by atoms with E-state index < -0.39 is 0 Å². The lowest BCUT2D eigenvalue weighted by Gasteiger charge is -2.36. The highest BCUT2D eigenvalue weighted by Crippen LogP contribution is 2.08. The molecule has 148 valence electrons. The van der Waals surface area contributed by atoms with Gasteiger partial charge in [0.2, 0.25) is 5.91 Å². The minimum absolute atomic E-state index is 0.0464. The van der Waals surface area contributed by atoms with Gasteiger partial charge in [-0.3, -0.25) is 9.59 Å². The Morgan fingerprint density at radius 3 is 2.41 bits per heavy atom. The van der Waals surface area contributed by atoms with Crippen molar-refractivity contribution in [2.45, 2.75) is 33.7 Å². The SMILES string of the molecule is CCCNC(=O)c1cccc(CN=C(NCC)N2CCN(C(C)=O)CC2)c1. The summed E-state index contributed by atoms with van der Waals surface area (Å²) in [6.45, 7) is 10.6. The number of carbonyl (C=O) groups excluding carboxylic acids is 2. The summed E-state index contributed by atoms with van der Waals surface area (Å²) in [5.41, 5.74) is 1.66. The third kappa shape index (κ3) is 6.27. The Hall–Kier alpha value is -2.57. The van der Waals surface area contributed by atoms with Crippen LogP contribution in [0.1, 0.15) is 43.1 Å². The van der Waals surface area contributed by atoms with Gasteiger partial charge in [0.05, 0.1) is 6.54 Å². The molecule has 0 bridgehead atoms. The van der Waals surface area contributed by atoms with Gasteiger partial charge in [0.25, 0.3) is 5.91 Å². The number of amides is 2. The Labute approximate surface area is 161 Å². The molecule has 1 aromatic rings. The first-order valence-electron chi connectivity index (χ1n) is 9.71. The summed E-state index contributed by atoms with van der Waals surface area (Å²) in [6, 6.07) is 7.60. The summed E-state index contributed by atoms with van der Waals surface area (Å²) in [4.78, 5) is 32.4. The van der Waals surface area contributed by atoms with Crippen LogP contribution in [0.4, 0.5) is 0 Å². The summed E-state index contributed by atoms with van der Waals surface area (Å²) in [6.07, 6.45) is 0.915. The monoisotopic (exact) mass is 373 g/mol. The molecule has 0 radical (unpaired) electrons. The first-order chi connectivity index (χ1) is 13.0. The highest BCUT2D eigenvalue weighted by atomic mass is 16.2. The van der Waals surface area contributed by atoms with Crippen molar-refractivity contribution in [3.05, 3.63) is 35.4 Å². The fraction of sp³-hybridized carbons (Fsp3) is 0.550. The van der Waals surface area contributed by atoms with Crippen molar-refractivity contribution in [1.29, 1.82) is 0 Å². The van der Waals surface area contributed by atoms with Crippen molar-refractivity contribution >= 4 is 17.8 Å². The largest absolute Gasteiger partial charge is 0.357 e. The van der Waals surface area contributed by atoms with E-state index >= 15 is 0 Å². The number of rotatable bonds is 6. The summed E-state index contributed by atoms with van der Waals surface area (Å²) < 4.78 is 0. The van der Waals surface area contributed by atoms with E-state index in [2.05, 4.69) is 15.5 Å². The maximum atomic E-state index is 12.1. The Morgan fingerprint density at radius 2 is 1.78 bits per heavy atom. The van der Waals surface area contributed by atoms with Crippen molar-refractivity contribution in [1.82, 2.24) is 20.4 Å². The van der Waals surface area contributed by atoms with Crippen LogP contribution in [0, 0.1) is 0 Å². The number of hydrogen-bond acceptors (Lipinski definition) is 3. The fourth-order valence-electron chi connectivity index (χ4n) is 2.98. The number of nitrogens with zero attached hydrogens (tertiary/aromatic N) is 3. The van der Waals surface area contributed by atoms with Gasteiger partial charge in [-0.2, -0.15) is 0 Å². The molecule has 7 nitrogen and oxygen atoms in total. The minimum atomic E-state index is -0.0464. The maximum Gasteiger partial charge on any atom is 0.251 e. The van der Waals surface area contributed by atoms with Crippen LogP contribution in [-0.4, -0.2) is 66.8 Å². The molecule has 0 unspecified atom stereocenters. The van der Waals surface area contributed by atoms with Crippen LogP contribution in [0.15, 0.2) is 29.3 Å². The van der Waals surface area contributed by atoms with Crippen LogP contribution < -0.4 is 10.6 Å². The van der Waals surface area contributed by atoms with E-state index in [-0.39, 0.29) is 11.8 Å². The van der Waals surface area contributed by atoms with Gasteiger partial charge >= 0.3 is 0 Å². The zero-order valence-electron chi connectivity index (χ0n) is 16.6. The van der Waals surface area contributed by atoms with Crippen molar-refractivity contribution in [3.8, 4) is 0 Å². The van der Waals surface area contributed by atoms with Gasteiger partial charge in [0.1, 0.15) is 0 Å². The molecule has 2 N–H and O–H groups in total. The number of carbonyl (C=O) groups is 2. The van der Waals surface area contributed by atoms with Gasteiger partial charge in [-0.25, -0.2) is 4.99 Å². The third-order valence-corrected chi connectivity index (χ3v) is 4.50. The van der Waals surface area contributed by atoms with Gasteiger partial charge in [-0.05, 0) is 31.0 Å². The van der Waals surface area contributed by atoms with E-state index in [0.29, 0.717) is 31.7 Å². The lowest BCUT2D eigenvalue weighted by molar-refractivity contribution is -0.130. The van der Waals surface area contributed by atoms with Crippen LogP contribution in [0.5, 0.6) is 0 Å². The summed E-state index contributed by atoms with van der Waals surface area (Å²) >= 11 is 0. The molecule has 1 aromatic carbocycles. The molecular weight excluding hydrogens is 342 g/mol. The quantitative estimate of drug-likeness (QED) is 0.585. The molecule has 0 spiro atoms. The van der Waals surface area contributed by atoms with Crippen molar-refractivity contribution in [2.75, 3.05) is 39.3 Å². The maximum absolute atomic E-state index is 12.1. The molecule has 7 heteroatoms. The predicted molar refractivity (Wildman–Crippen MR) is 108 cm³/mol. The van der Waals surface area contributed by atoms with Gasteiger partial charge in [0.15, 0.2) is 5.96 Å². The summed E-state index contributed by atoms with van der Waals surface area (Å²) in [5, 5.41) is 6.22. The van der Waals surface area contributed by atoms with E-state index in [1.165, 1.54) is 0 Å². The Morgan fingerprint density at radius 1 is 1.07 bits per heavy atom. The summed E-state index contributed by atoms with van der Waals surface area (Å²) in [5.74, 6) is 0.922. The standard InChI is InChI=1S/C20H31N5O2/c1-4-9-22-19(27)18-8-6-7-17(14-18)15-23-20(21-5-2)25-12-10-24(11-13-25)16(3)26/h6-8,14H,4-5,9-13,15H2,1-3H3,(H,21,23)(H,22,27). The molecule has 1 fully saturated rings. The van der Waals surface area contributed by atoms with Crippen LogP contribution in [0.3, 0.4) is 0 Å². The number of hydrogen-bond donors (Lipinski definition) is 2. The second kappa shape index (κ2) is 10.5. The van der Waals surface area contributed by atoms with Crippen molar-refractivity contribution < 1.29 is 9.59 Å². The van der Waals surface area contributed by atoms with Crippen LogP contribution in [0.2, 0.25) is 0 Å². The minimum Gasteiger partial charge on any atom is -0.357 e. The molecule has 2 rings (SSSR count). The lowest BCUT2D eigenvalue weighted by atomic mass is 10.1. The number of piperazine rings is 1.